The lowest BCUT2D eigenvalue weighted by Gasteiger charge is -2.09. The first kappa shape index (κ1) is 15.0. The molecule has 0 aliphatic carbocycles. The molecule has 0 aliphatic heterocycles. The number of carbonyl (C=O) groups is 1. The van der Waals surface area contributed by atoms with Crippen molar-refractivity contribution in [2.45, 2.75) is 33.2 Å². The van der Waals surface area contributed by atoms with Gasteiger partial charge >= 0.3 is 5.97 Å². The van der Waals surface area contributed by atoms with E-state index in [1.807, 2.05) is 18.5 Å². The highest BCUT2D eigenvalue weighted by Crippen LogP contribution is 2.21. The second kappa shape index (κ2) is 6.39. The molecular weight excluding hydrogens is 270 g/mol. The van der Waals surface area contributed by atoms with Crippen molar-refractivity contribution in [3.63, 3.8) is 0 Å². The van der Waals surface area contributed by atoms with Gasteiger partial charge in [-0.25, -0.2) is 14.5 Å². The number of ether oxygens (including phenoxy) is 1. The molecule has 0 radical (unpaired) electrons. The molecular formula is C15H19N3O3. The fourth-order valence-electron chi connectivity index (χ4n) is 2.15. The maximum absolute atomic E-state index is 11.1. The summed E-state index contributed by atoms with van der Waals surface area (Å²) in [6.07, 6.45) is 1.60. The summed E-state index contributed by atoms with van der Waals surface area (Å²) in [6, 6.07) is 5.06. The van der Waals surface area contributed by atoms with Gasteiger partial charge in [-0.15, -0.1) is 0 Å². The maximum Gasteiger partial charge on any atom is 0.339 e. The van der Waals surface area contributed by atoms with Crippen LogP contribution < -0.4 is 4.74 Å². The van der Waals surface area contributed by atoms with Gasteiger partial charge in [0.05, 0.1) is 13.7 Å². The molecule has 0 atom stereocenters. The molecule has 1 heterocycles. The predicted molar refractivity (Wildman–Crippen MR) is 77.8 cm³/mol. The van der Waals surface area contributed by atoms with Gasteiger partial charge in [-0.2, -0.15) is 5.10 Å². The summed E-state index contributed by atoms with van der Waals surface area (Å²) in [7, 11) is 1.47. The van der Waals surface area contributed by atoms with Gasteiger partial charge in [-0.1, -0.05) is 19.9 Å². The number of carboxylic acids is 1. The van der Waals surface area contributed by atoms with Crippen LogP contribution in [0, 0.1) is 0 Å². The highest BCUT2D eigenvalue weighted by molar-refractivity contribution is 5.90. The zero-order valence-electron chi connectivity index (χ0n) is 12.5. The number of methoxy groups -OCH3 is 1. The quantitative estimate of drug-likeness (QED) is 0.881. The first-order valence-electron chi connectivity index (χ1n) is 6.91. The average Bonchev–Trinajstić information content (AvgIpc) is 2.89. The van der Waals surface area contributed by atoms with Crippen LogP contribution in [0.2, 0.25) is 0 Å². The normalized spacial score (nSPS) is 10.6. The molecule has 0 unspecified atom stereocenters. The fraction of sp³-hybridized carbons (Fsp3) is 0.400. The topological polar surface area (TPSA) is 77.2 Å². The third kappa shape index (κ3) is 3.21. The maximum atomic E-state index is 11.1. The molecule has 2 rings (SSSR count). The van der Waals surface area contributed by atoms with Crippen molar-refractivity contribution in [3.8, 4) is 5.75 Å². The van der Waals surface area contributed by atoms with E-state index >= 15 is 0 Å². The predicted octanol–water partition coefficient (Wildman–Crippen LogP) is 2.16. The van der Waals surface area contributed by atoms with Gasteiger partial charge in [0.1, 0.15) is 17.1 Å². The van der Waals surface area contributed by atoms with Crippen molar-refractivity contribution >= 4 is 5.97 Å². The summed E-state index contributed by atoms with van der Waals surface area (Å²) < 4.78 is 7.00. The molecule has 0 fully saturated rings. The minimum Gasteiger partial charge on any atom is -0.496 e. The van der Waals surface area contributed by atoms with Crippen LogP contribution >= 0.6 is 0 Å². The van der Waals surface area contributed by atoms with Crippen molar-refractivity contribution in [1.29, 1.82) is 0 Å². The summed E-state index contributed by atoms with van der Waals surface area (Å²) in [4.78, 5) is 15.5. The van der Waals surface area contributed by atoms with Crippen molar-refractivity contribution < 1.29 is 14.6 Å². The number of benzene rings is 1. The van der Waals surface area contributed by atoms with Crippen molar-refractivity contribution in [2.75, 3.05) is 7.11 Å². The third-order valence-electron chi connectivity index (χ3n) is 3.25. The van der Waals surface area contributed by atoms with Crippen molar-refractivity contribution in [3.05, 3.63) is 41.0 Å². The van der Waals surface area contributed by atoms with E-state index in [-0.39, 0.29) is 5.56 Å². The van der Waals surface area contributed by atoms with Crippen LogP contribution in [0.5, 0.6) is 5.75 Å². The third-order valence-corrected chi connectivity index (χ3v) is 3.25. The Morgan fingerprint density at radius 3 is 2.67 bits per heavy atom. The first-order chi connectivity index (χ1) is 10.1. The molecule has 0 aliphatic rings. The number of aromatic nitrogens is 3. The number of aryl methyl sites for hydroxylation is 2. The lowest BCUT2D eigenvalue weighted by atomic mass is 10.1. The Kier molecular flexibility index (Phi) is 4.57. The van der Waals surface area contributed by atoms with Crippen LogP contribution in [-0.2, 0) is 19.4 Å². The molecule has 0 saturated heterocycles. The van der Waals surface area contributed by atoms with E-state index in [1.165, 1.54) is 7.11 Å². The Labute approximate surface area is 123 Å². The largest absolute Gasteiger partial charge is 0.496 e. The molecule has 0 bridgehead atoms. The van der Waals surface area contributed by atoms with Gasteiger partial charge < -0.3 is 9.84 Å². The number of aromatic carboxylic acids is 1. The summed E-state index contributed by atoms with van der Waals surface area (Å²) in [5.41, 5.74) is 1.09. The molecule has 1 N–H and O–H groups in total. The number of nitrogens with zero attached hydrogens (tertiary/aromatic N) is 3. The molecule has 0 amide bonds. The molecule has 112 valence electrons. The Bertz CT molecular complexity index is 650. The zero-order valence-corrected chi connectivity index (χ0v) is 12.5. The van der Waals surface area contributed by atoms with Crippen LogP contribution in [-0.4, -0.2) is 33.0 Å². The number of rotatable bonds is 6. The molecule has 21 heavy (non-hydrogen) atoms. The monoisotopic (exact) mass is 289 g/mol. The van der Waals surface area contributed by atoms with Crippen molar-refractivity contribution in [2.24, 2.45) is 0 Å². The van der Waals surface area contributed by atoms with Crippen LogP contribution in [0.4, 0.5) is 0 Å². The van der Waals surface area contributed by atoms with Crippen LogP contribution in [0.1, 0.15) is 41.4 Å². The first-order valence-corrected chi connectivity index (χ1v) is 6.91. The number of hydrogen-bond acceptors (Lipinski definition) is 4. The Morgan fingerprint density at radius 1 is 1.33 bits per heavy atom. The van der Waals surface area contributed by atoms with Gasteiger partial charge in [-0.05, 0) is 17.7 Å². The second-order valence-corrected chi connectivity index (χ2v) is 4.65. The van der Waals surface area contributed by atoms with E-state index in [9.17, 15) is 4.79 Å². The Morgan fingerprint density at radius 2 is 2.10 bits per heavy atom. The van der Waals surface area contributed by atoms with E-state index in [2.05, 4.69) is 10.1 Å². The van der Waals surface area contributed by atoms with Gasteiger partial charge in [-0.3, -0.25) is 0 Å². The van der Waals surface area contributed by atoms with Crippen LogP contribution in [0.3, 0.4) is 0 Å². The standard InChI is InChI=1S/C15H19N3O3/c1-4-13-16-14(5-2)18(17-13)9-10-6-7-11(15(19)20)12(8-10)21-3/h6-8H,4-5,9H2,1-3H3,(H,19,20). The van der Waals surface area contributed by atoms with Crippen LogP contribution in [0.25, 0.3) is 0 Å². The van der Waals surface area contributed by atoms with Gasteiger partial charge in [0.25, 0.3) is 0 Å². The minimum absolute atomic E-state index is 0.157. The van der Waals surface area contributed by atoms with Gasteiger partial charge in [0.2, 0.25) is 0 Å². The van der Waals surface area contributed by atoms with E-state index in [0.29, 0.717) is 12.3 Å². The van der Waals surface area contributed by atoms with Crippen molar-refractivity contribution in [1.82, 2.24) is 14.8 Å². The van der Waals surface area contributed by atoms with Gasteiger partial charge in [0.15, 0.2) is 5.82 Å². The SMILES string of the molecule is CCc1nc(CC)n(Cc2ccc(C(=O)O)c(OC)c2)n1. The van der Waals surface area contributed by atoms with E-state index in [1.54, 1.807) is 18.2 Å². The molecule has 1 aromatic carbocycles. The Hall–Kier alpha value is -2.37. The lowest BCUT2D eigenvalue weighted by molar-refractivity contribution is 0.0693. The smallest absolute Gasteiger partial charge is 0.339 e. The van der Waals surface area contributed by atoms with Gasteiger partial charge in [0, 0.05) is 12.8 Å². The summed E-state index contributed by atoms with van der Waals surface area (Å²) in [6.45, 7) is 4.60. The highest BCUT2D eigenvalue weighted by atomic mass is 16.5. The summed E-state index contributed by atoms with van der Waals surface area (Å²) in [5, 5.41) is 13.5. The van der Waals surface area contributed by atoms with E-state index < -0.39 is 5.97 Å². The zero-order chi connectivity index (χ0) is 15.4. The lowest BCUT2D eigenvalue weighted by Crippen LogP contribution is -2.08. The molecule has 6 heteroatoms. The van der Waals surface area contributed by atoms with Crippen LogP contribution in [0.15, 0.2) is 18.2 Å². The fourth-order valence-corrected chi connectivity index (χ4v) is 2.15. The molecule has 0 saturated carbocycles. The second-order valence-electron chi connectivity index (χ2n) is 4.65. The number of hydrogen-bond donors (Lipinski definition) is 1. The number of carboxylic acid groups (broad SMARTS) is 1. The molecule has 2 aromatic rings. The highest BCUT2D eigenvalue weighted by Gasteiger charge is 2.13. The minimum atomic E-state index is -0.998. The molecule has 0 spiro atoms. The summed E-state index contributed by atoms with van der Waals surface area (Å²) >= 11 is 0. The van der Waals surface area contributed by atoms with E-state index in [4.69, 9.17) is 9.84 Å². The summed E-state index contributed by atoms with van der Waals surface area (Å²) in [5.74, 6) is 1.10. The Balaban J connectivity index is 2.31. The average molecular weight is 289 g/mol. The van der Waals surface area contributed by atoms with E-state index in [0.717, 1.165) is 30.1 Å². The molecule has 1 aromatic heterocycles. The molecule has 6 nitrogen and oxygen atoms in total.